The Morgan fingerprint density at radius 3 is 1.95 bits per heavy atom. The van der Waals surface area contributed by atoms with Crippen LogP contribution in [0.1, 0.15) is 12.8 Å². The zero-order chi connectivity index (χ0) is 12.9. The molecule has 0 amide bonds. The van der Waals surface area contributed by atoms with Gasteiger partial charge >= 0.3 is 0 Å². The molecule has 0 saturated carbocycles. The molecule has 2 aromatic carbocycles. The Bertz CT molecular complexity index is 452. The quantitative estimate of drug-likeness (QED) is 0.775. The van der Waals surface area contributed by atoms with Crippen molar-refractivity contribution in [3.05, 3.63) is 60.7 Å². The van der Waals surface area contributed by atoms with Gasteiger partial charge in [0, 0.05) is 12.8 Å². The Morgan fingerprint density at radius 1 is 0.895 bits per heavy atom. The minimum Gasteiger partial charge on any atom is -0.378 e. The van der Waals surface area contributed by atoms with Crippen LogP contribution in [0, 0.1) is 0 Å². The topological polar surface area (TPSA) is 9.23 Å². The summed E-state index contributed by atoms with van der Waals surface area (Å²) in [7, 11) is -0.287. The van der Waals surface area contributed by atoms with Gasteiger partial charge < -0.3 is 4.74 Å². The number of ether oxygens (including phenoxy) is 1. The van der Waals surface area contributed by atoms with Gasteiger partial charge in [0.15, 0.2) is 0 Å². The molecule has 1 saturated heterocycles. The van der Waals surface area contributed by atoms with Crippen molar-refractivity contribution in [1.82, 2.24) is 0 Å². The first-order valence-electron chi connectivity index (χ1n) is 6.93. The largest absolute Gasteiger partial charge is 0.378 e. The predicted molar refractivity (Wildman–Crippen MR) is 82.9 cm³/mol. The van der Waals surface area contributed by atoms with Crippen LogP contribution in [-0.4, -0.2) is 18.9 Å². The lowest BCUT2D eigenvalue weighted by Crippen LogP contribution is -2.20. The standard InChI is InChI=1S/C17H19OP/c1-3-9-16(10-4-1)19(14-15-8-7-13-18-15)17-11-5-2-6-12-17/h1-6,9-12,15H,7-8,13-14H2/t15-/m1/s1. The highest BCUT2D eigenvalue weighted by molar-refractivity contribution is 7.73. The predicted octanol–water partition coefficient (Wildman–Crippen LogP) is 3.30. The second-order valence-electron chi connectivity index (χ2n) is 4.92. The molecule has 1 fully saturated rings. The molecule has 0 radical (unpaired) electrons. The zero-order valence-electron chi connectivity index (χ0n) is 11.0. The molecule has 19 heavy (non-hydrogen) atoms. The van der Waals surface area contributed by atoms with Crippen molar-refractivity contribution in [1.29, 1.82) is 0 Å². The van der Waals surface area contributed by atoms with Gasteiger partial charge in [-0.15, -0.1) is 0 Å². The van der Waals surface area contributed by atoms with E-state index in [1.54, 1.807) is 0 Å². The molecule has 2 heteroatoms. The molecule has 1 heterocycles. The van der Waals surface area contributed by atoms with Gasteiger partial charge in [0.2, 0.25) is 0 Å². The molecule has 0 N–H and O–H groups in total. The van der Waals surface area contributed by atoms with E-state index < -0.39 is 0 Å². The minimum absolute atomic E-state index is 0.287. The van der Waals surface area contributed by atoms with Crippen molar-refractivity contribution in [3.63, 3.8) is 0 Å². The molecule has 0 aromatic heterocycles. The van der Waals surface area contributed by atoms with Gasteiger partial charge in [-0.2, -0.15) is 0 Å². The van der Waals surface area contributed by atoms with Crippen LogP contribution in [0.2, 0.25) is 0 Å². The highest BCUT2D eigenvalue weighted by Crippen LogP contribution is 2.36. The Kier molecular flexibility index (Phi) is 4.27. The van der Waals surface area contributed by atoms with E-state index in [1.165, 1.54) is 23.5 Å². The van der Waals surface area contributed by atoms with Gasteiger partial charge in [0.25, 0.3) is 0 Å². The molecule has 0 spiro atoms. The van der Waals surface area contributed by atoms with Crippen LogP contribution in [0.15, 0.2) is 60.7 Å². The highest BCUT2D eigenvalue weighted by atomic mass is 31.1. The third-order valence-electron chi connectivity index (χ3n) is 3.55. The Morgan fingerprint density at radius 2 is 1.47 bits per heavy atom. The van der Waals surface area contributed by atoms with E-state index in [-0.39, 0.29) is 7.92 Å². The van der Waals surface area contributed by atoms with E-state index in [9.17, 15) is 0 Å². The van der Waals surface area contributed by atoms with E-state index in [0.717, 1.165) is 12.8 Å². The molecule has 3 rings (SSSR count). The van der Waals surface area contributed by atoms with Crippen molar-refractivity contribution in [2.75, 3.05) is 12.8 Å². The van der Waals surface area contributed by atoms with Gasteiger partial charge in [0.1, 0.15) is 0 Å². The van der Waals surface area contributed by atoms with Gasteiger partial charge in [-0.3, -0.25) is 0 Å². The average molecular weight is 270 g/mol. The van der Waals surface area contributed by atoms with Crippen LogP contribution in [0.4, 0.5) is 0 Å². The minimum atomic E-state index is -0.287. The van der Waals surface area contributed by atoms with Crippen LogP contribution in [0.5, 0.6) is 0 Å². The Labute approximate surface area is 116 Å². The molecule has 1 nitrogen and oxygen atoms in total. The SMILES string of the molecule is c1ccc(P(C[C@H]2CCCO2)c2ccccc2)cc1. The van der Waals surface area contributed by atoms with Gasteiger partial charge in [-0.05, 0) is 31.4 Å². The maximum Gasteiger partial charge on any atom is 0.0621 e. The van der Waals surface area contributed by atoms with Gasteiger partial charge in [0.05, 0.1) is 6.10 Å². The van der Waals surface area contributed by atoms with E-state index in [1.807, 2.05) is 0 Å². The summed E-state index contributed by atoms with van der Waals surface area (Å²) in [5, 5.41) is 2.92. The molecule has 2 aromatic rings. The summed E-state index contributed by atoms with van der Waals surface area (Å²) >= 11 is 0. The maximum absolute atomic E-state index is 5.84. The van der Waals surface area contributed by atoms with Crippen molar-refractivity contribution in [3.8, 4) is 0 Å². The fourth-order valence-corrected chi connectivity index (χ4v) is 5.05. The summed E-state index contributed by atoms with van der Waals surface area (Å²) in [6, 6.07) is 21.8. The maximum atomic E-state index is 5.84. The van der Waals surface area contributed by atoms with E-state index in [2.05, 4.69) is 60.7 Å². The Hall–Kier alpha value is -1.17. The molecule has 1 atom stereocenters. The molecule has 0 bridgehead atoms. The number of rotatable bonds is 4. The fourth-order valence-electron chi connectivity index (χ4n) is 2.57. The lowest BCUT2D eigenvalue weighted by Gasteiger charge is -2.21. The molecule has 0 aliphatic carbocycles. The first kappa shape index (κ1) is 12.8. The second kappa shape index (κ2) is 6.32. The third kappa shape index (κ3) is 3.23. The van der Waals surface area contributed by atoms with E-state index in [4.69, 9.17) is 4.74 Å². The first-order valence-corrected chi connectivity index (χ1v) is 8.45. The fraction of sp³-hybridized carbons (Fsp3) is 0.294. The van der Waals surface area contributed by atoms with E-state index in [0.29, 0.717) is 6.10 Å². The molecule has 0 unspecified atom stereocenters. The van der Waals surface area contributed by atoms with Crippen molar-refractivity contribution < 1.29 is 4.74 Å². The van der Waals surface area contributed by atoms with Crippen LogP contribution in [0.3, 0.4) is 0 Å². The normalized spacial score (nSPS) is 18.9. The summed E-state index contributed by atoms with van der Waals surface area (Å²) in [6.07, 6.45) is 4.05. The second-order valence-corrected chi connectivity index (χ2v) is 7.17. The zero-order valence-corrected chi connectivity index (χ0v) is 11.9. The lowest BCUT2D eigenvalue weighted by molar-refractivity contribution is 0.128. The molecule has 1 aliphatic rings. The molecular formula is C17H19OP. The summed E-state index contributed by atoms with van der Waals surface area (Å²) < 4.78 is 5.84. The Balaban J connectivity index is 1.87. The van der Waals surface area contributed by atoms with Crippen LogP contribution in [0.25, 0.3) is 0 Å². The molecule has 98 valence electrons. The summed E-state index contributed by atoms with van der Waals surface area (Å²) in [5.41, 5.74) is 0. The molecule has 1 aliphatic heterocycles. The first-order chi connectivity index (χ1) is 9.43. The van der Waals surface area contributed by atoms with E-state index >= 15 is 0 Å². The number of hydrogen-bond donors (Lipinski definition) is 0. The summed E-state index contributed by atoms with van der Waals surface area (Å²) in [4.78, 5) is 0. The molecular weight excluding hydrogens is 251 g/mol. The van der Waals surface area contributed by atoms with Crippen LogP contribution < -0.4 is 10.6 Å². The monoisotopic (exact) mass is 270 g/mol. The summed E-state index contributed by atoms with van der Waals surface area (Å²) in [5.74, 6) is 0. The number of hydrogen-bond acceptors (Lipinski definition) is 1. The smallest absolute Gasteiger partial charge is 0.0621 e. The van der Waals surface area contributed by atoms with Gasteiger partial charge in [-0.1, -0.05) is 60.7 Å². The van der Waals surface area contributed by atoms with Crippen molar-refractivity contribution >= 4 is 18.5 Å². The van der Waals surface area contributed by atoms with Gasteiger partial charge in [-0.25, -0.2) is 0 Å². The third-order valence-corrected chi connectivity index (χ3v) is 6.16. The summed E-state index contributed by atoms with van der Waals surface area (Å²) in [6.45, 7) is 0.942. The van der Waals surface area contributed by atoms with Crippen molar-refractivity contribution in [2.24, 2.45) is 0 Å². The lowest BCUT2D eigenvalue weighted by atomic mass is 10.3. The van der Waals surface area contributed by atoms with Crippen LogP contribution in [-0.2, 0) is 4.74 Å². The average Bonchev–Trinajstić information content (AvgIpc) is 3.00. The van der Waals surface area contributed by atoms with Crippen molar-refractivity contribution in [2.45, 2.75) is 18.9 Å². The van der Waals surface area contributed by atoms with Crippen LogP contribution >= 0.6 is 7.92 Å². The number of benzene rings is 2. The highest BCUT2D eigenvalue weighted by Gasteiger charge is 2.22.